The molecule has 0 N–H and O–H groups in total. The molecule has 5 nitrogen and oxygen atoms in total. The van der Waals surface area contributed by atoms with Crippen LogP contribution in [0.3, 0.4) is 0 Å². The highest BCUT2D eigenvalue weighted by Gasteiger charge is 2.17. The van der Waals surface area contributed by atoms with Crippen molar-refractivity contribution in [2.45, 2.75) is 0 Å². The molecule has 0 aliphatic carbocycles. The topological polar surface area (TPSA) is 65.0 Å². The molecule has 4 aromatic heterocycles. The molecule has 4 heterocycles. The first kappa shape index (κ1) is 33.9. The summed E-state index contributed by atoms with van der Waals surface area (Å²) in [6.45, 7) is 0. The van der Waals surface area contributed by atoms with Gasteiger partial charge < -0.3 is 8.83 Å². The van der Waals surface area contributed by atoms with E-state index >= 15 is 0 Å². The molecule has 0 saturated carbocycles. The number of hydrogen-bond acceptors (Lipinski definition) is 5. The Labute approximate surface area is 344 Å². The number of para-hydroxylation sites is 2. The van der Waals surface area contributed by atoms with Crippen LogP contribution in [0.1, 0.15) is 0 Å². The van der Waals surface area contributed by atoms with Gasteiger partial charge in [-0.2, -0.15) is 0 Å². The molecule has 0 bridgehead atoms. The highest BCUT2D eigenvalue weighted by molar-refractivity contribution is 6.08. The molecule has 8 aromatic carbocycles. The van der Waals surface area contributed by atoms with Gasteiger partial charge in [-0.25, -0.2) is 9.97 Å². The minimum atomic E-state index is 0.634. The number of nitrogens with zero attached hydrogens (tertiary/aromatic N) is 3. The summed E-state index contributed by atoms with van der Waals surface area (Å²) in [7, 11) is 0. The fourth-order valence-corrected chi connectivity index (χ4v) is 8.60. The van der Waals surface area contributed by atoms with Crippen LogP contribution in [0.15, 0.2) is 209 Å². The maximum atomic E-state index is 6.24. The van der Waals surface area contributed by atoms with Gasteiger partial charge in [0.05, 0.1) is 11.4 Å². The van der Waals surface area contributed by atoms with E-state index in [2.05, 4.69) is 163 Å². The lowest BCUT2D eigenvalue weighted by Crippen LogP contribution is -1.97. The molecule has 5 heteroatoms. The van der Waals surface area contributed by atoms with E-state index in [0.717, 1.165) is 116 Å². The highest BCUT2D eigenvalue weighted by atomic mass is 16.3. The van der Waals surface area contributed by atoms with E-state index < -0.39 is 0 Å². The van der Waals surface area contributed by atoms with Gasteiger partial charge >= 0.3 is 0 Å². The largest absolute Gasteiger partial charge is 0.456 e. The van der Waals surface area contributed by atoms with Gasteiger partial charge in [0.2, 0.25) is 0 Å². The summed E-state index contributed by atoms with van der Waals surface area (Å²) in [6, 6.07) is 65.6. The minimum absolute atomic E-state index is 0.634. The third-order valence-corrected chi connectivity index (χ3v) is 11.6. The summed E-state index contributed by atoms with van der Waals surface area (Å²) >= 11 is 0. The third kappa shape index (κ3) is 5.83. The van der Waals surface area contributed by atoms with Gasteiger partial charge in [-0.05, 0) is 111 Å². The van der Waals surface area contributed by atoms with Gasteiger partial charge in [0, 0.05) is 56.2 Å². The van der Waals surface area contributed by atoms with Crippen LogP contribution in [-0.4, -0.2) is 15.0 Å². The van der Waals surface area contributed by atoms with E-state index in [9.17, 15) is 0 Å². The van der Waals surface area contributed by atoms with Crippen molar-refractivity contribution in [1.82, 2.24) is 15.0 Å². The molecule has 0 aliphatic rings. The number of hydrogen-bond donors (Lipinski definition) is 0. The summed E-state index contributed by atoms with van der Waals surface area (Å²) < 4.78 is 12.5. The summed E-state index contributed by atoms with van der Waals surface area (Å²) in [5, 5.41) is 6.62. The zero-order valence-corrected chi connectivity index (χ0v) is 32.2. The second-order valence-electron chi connectivity index (χ2n) is 15.2. The third-order valence-electron chi connectivity index (χ3n) is 11.6. The van der Waals surface area contributed by atoms with Gasteiger partial charge in [-0.15, -0.1) is 0 Å². The number of pyridine rings is 1. The smallest absolute Gasteiger partial charge is 0.160 e. The van der Waals surface area contributed by atoms with Gasteiger partial charge in [-0.3, -0.25) is 4.98 Å². The Morgan fingerprint density at radius 3 is 1.55 bits per heavy atom. The second-order valence-corrected chi connectivity index (χ2v) is 15.2. The van der Waals surface area contributed by atoms with Crippen molar-refractivity contribution in [3.63, 3.8) is 0 Å². The van der Waals surface area contributed by atoms with Gasteiger partial charge in [-0.1, -0.05) is 115 Å². The van der Waals surface area contributed by atoms with E-state index in [0.29, 0.717) is 5.82 Å². The molecule has 12 rings (SSSR count). The van der Waals surface area contributed by atoms with Crippen molar-refractivity contribution in [2.24, 2.45) is 0 Å². The zero-order valence-electron chi connectivity index (χ0n) is 32.2. The molecule has 0 radical (unpaired) electrons. The maximum absolute atomic E-state index is 6.24. The number of aromatic nitrogens is 3. The van der Waals surface area contributed by atoms with Gasteiger partial charge in [0.1, 0.15) is 22.3 Å². The summed E-state index contributed by atoms with van der Waals surface area (Å²) in [6.07, 6.45) is 3.69. The molecule has 0 aliphatic heterocycles. The van der Waals surface area contributed by atoms with Crippen LogP contribution < -0.4 is 0 Å². The first-order chi connectivity index (χ1) is 29.7. The first-order valence-corrected chi connectivity index (χ1v) is 20.1. The van der Waals surface area contributed by atoms with E-state index in [1.165, 1.54) is 0 Å². The zero-order chi connectivity index (χ0) is 39.6. The van der Waals surface area contributed by atoms with Crippen molar-refractivity contribution in [3.8, 4) is 67.3 Å². The standard InChI is InChI=1S/C55H33N3O2/c1-2-15-43-34(10-1)11-8-18-44(43)50-32-49(38-13-7-12-35(26-38)39-14-9-25-56-33-39)57-55(58-50)42-28-40(36-21-23-53-47(30-36)45-16-3-5-19-51(45)59-53)27-41(29-42)37-22-24-54-48(31-37)46-17-4-6-20-52(46)60-54/h1-33H. The van der Waals surface area contributed by atoms with Crippen LogP contribution in [-0.2, 0) is 0 Å². The Hall–Kier alpha value is -8.15. The van der Waals surface area contributed by atoms with Crippen LogP contribution in [0, 0.1) is 0 Å². The van der Waals surface area contributed by atoms with Crippen LogP contribution in [0.25, 0.3) is 122 Å². The van der Waals surface area contributed by atoms with E-state index in [1.807, 2.05) is 36.5 Å². The first-order valence-electron chi connectivity index (χ1n) is 20.1. The molecule has 280 valence electrons. The number of benzene rings is 8. The normalized spacial score (nSPS) is 11.7. The van der Waals surface area contributed by atoms with Crippen LogP contribution in [0.2, 0.25) is 0 Å². The van der Waals surface area contributed by atoms with Crippen molar-refractivity contribution in [3.05, 3.63) is 200 Å². The molecule has 0 atom stereocenters. The van der Waals surface area contributed by atoms with Gasteiger partial charge in [0.25, 0.3) is 0 Å². The van der Waals surface area contributed by atoms with E-state index in [4.69, 9.17) is 18.8 Å². The molecule has 60 heavy (non-hydrogen) atoms. The molecule has 0 amide bonds. The van der Waals surface area contributed by atoms with Crippen molar-refractivity contribution in [2.75, 3.05) is 0 Å². The van der Waals surface area contributed by atoms with E-state index in [-0.39, 0.29) is 0 Å². The molecule has 0 fully saturated rings. The molecule has 12 aromatic rings. The summed E-state index contributed by atoms with van der Waals surface area (Å²) in [5.41, 5.74) is 14.4. The summed E-state index contributed by atoms with van der Waals surface area (Å²) in [4.78, 5) is 15.2. The number of rotatable bonds is 6. The predicted octanol–water partition coefficient (Wildman–Crippen LogP) is 14.8. The maximum Gasteiger partial charge on any atom is 0.160 e. The Morgan fingerprint density at radius 2 is 0.850 bits per heavy atom. The number of fused-ring (bicyclic) bond motifs is 7. The van der Waals surface area contributed by atoms with Crippen molar-refractivity contribution in [1.29, 1.82) is 0 Å². The predicted molar refractivity (Wildman–Crippen MR) is 245 cm³/mol. The van der Waals surface area contributed by atoms with Crippen molar-refractivity contribution < 1.29 is 8.83 Å². The number of furan rings is 2. The monoisotopic (exact) mass is 767 g/mol. The highest BCUT2D eigenvalue weighted by Crippen LogP contribution is 2.40. The molecule has 0 saturated heterocycles. The summed E-state index contributed by atoms with van der Waals surface area (Å²) in [5.74, 6) is 0.634. The fourth-order valence-electron chi connectivity index (χ4n) is 8.60. The quantitative estimate of drug-likeness (QED) is 0.169. The SMILES string of the molecule is c1cncc(-c2cccc(-c3cc(-c4cccc5ccccc45)nc(-c4cc(-c5ccc6oc7ccccc7c6c5)cc(-c5ccc6oc7ccccc7c6c5)c4)n3)c2)c1. The Bertz CT molecular complexity index is 3480. The fraction of sp³-hybridized carbons (Fsp3) is 0. The van der Waals surface area contributed by atoms with Crippen molar-refractivity contribution >= 4 is 54.6 Å². The van der Waals surface area contributed by atoms with E-state index in [1.54, 1.807) is 6.20 Å². The average molecular weight is 768 g/mol. The lowest BCUT2D eigenvalue weighted by Gasteiger charge is -2.14. The molecular formula is C55H33N3O2. The second kappa shape index (κ2) is 13.8. The molecule has 0 unspecified atom stereocenters. The van der Waals surface area contributed by atoms with Gasteiger partial charge in [0.15, 0.2) is 5.82 Å². The molecule has 0 spiro atoms. The van der Waals surface area contributed by atoms with Crippen LogP contribution in [0.4, 0.5) is 0 Å². The molecular weight excluding hydrogens is 735 g/mol. The van der Waals surface area contributed by atoms with Crippen LogP contribution in [0.5, 0.6) is 0 Å². The van der Waals surface area contributed by atoms with Crippen LogP contribution >= 0.6 is 0 Å². The lowest BCUT2D eigenvalue weighted by molar-refractivity contribution is 0.668. The average Bonchev–Trinajstić information content (AvgIpc) is 3.89. The minimum Gasteiger partial charge on any atom is -0.456 e. The Kier molecular flexibility index (Phi) is 7.78. The Balaban J connectivity index is 1.10. The lowest BCUT2D eigenvalue weighted by atomic mass is 9.94. The Morgan fingerprint density at radius 1 is 0.317 bits per heavy atom.